The van der Waals surface area contributed by atoms with E-state index in [-0.39, 0.29) is 96.2 Å². The van der Waals surface area contributed by atoms with Crippen molar-refractivity contribution < 1.29 is 59.4 Å². The number of hydrogen-bond donors (Lipinski definition) is 4. The third kappa shape index (κ3) is 11.2. The van der Waals surface area contributed by atoms with Gasteiger partial charge in [0.15, 0.2) is 11.6 Å². The van der Waals surface area contributed by atoms with Crippen LogP contribution in [0.4, 0.5) is 57.4 Å². The van der Waals surface area contributed by atoms with Gasteiger partial charge in [0.05, 0.1) is 66.0 Å². The van der Waals surface area contributed by atoms with Crippen molar-refractivity contribution in [2.24, 2.45) is 11.8 Å². The van der Waals surface area contributed by atoms with Crippen LogP contribution >= 0.6 is 0 Å². The number of nitrogens with zero attached hydrogens (tertiary/aromatic N) is 7. The molecular weight excluding hydrogens is 1120 g/mol. The van der Waals surface area contributed by atoms with Crippen molar-refractivity contribution in [2.45, 2.75) is 132 Å². The molecule has 2 saturated carbocycles. The van der Waals surface area contributed by atoms with Gasteiger partial charge in [-0.25, -0.2) is 37.1 Å². The zero-order valence-electron chi connectivity index (χ0n) is 47.3. The first-order chi connectivity index (χ1) is 41.0. The third-order valence-corrected chi connectivity index (χ3v) is 18.7. The monoisotopic (exact) mass is 1180 g/mol. The van der Waals surface area contributed by atoms with Crippen LogP contribution in [-0.4, -0.2) is 119 Å². The largest absolute Gasteiger partial charge is 0.453 e. The molecule has 4 aromatic carbocycles. The molecule has 4 amide bonds. The van der Waals surface area contributed by atoms with Crippen LogP contribution in [0.25, 0.3) is 22.1 Å². The van der Waals surface area contributed by atoms with Crippen LogP contribution in [0.15, 0.2) is 60.7 Å². The highest BCUT2D eigenvalue weighted by Crippen LogP contribution is 2.50. The summed E-state index contributed by atoms with van der Waals surface area (Å²) in [5.41, 5.74) is 1.15. The summed E-state index contributed by atoms with van der Waals surface area (Å²) in [6.07, 6.45) is 3.76. The Morgan fingerprint density at radius 2 is 0.965 bits per heavy atom. The number of carbonyl (C=O) groups excluding carboxylic acids is 4. The van der Waals surface area contributed by atoms with Crippen LogP contribution in [0.1, 0.15) is 142 Å². The third-order valence-electron chi connectivity index (χ3n) is 18.7. The quantitative estimate of drug-likeness (QED) is 0.0807. The number of carbonyl (C=O) groups is 4. The number of hydrogen-bond acceptors (Lipinski definition) is 11. The number of ether oxygens (including phenoxy) is 2. The normalized spacial score (nSPS) is 22.3. The van der Waals surface area contributed by atoms with E-state index in [4.69, 9.17) is 19.4 Å². The van der Waals surface area contributed by atoms with Gasteiger partial charge in [0.2, 0.25) is 11.8 Å². The van der Waals surface area contributed by atoms with E-state index >= 15 is 17.6 Å². The molecule has 2 aromatic heterocycles. The number of benzene rings is 4. The average Bonchev–Trinajstić information content (AvgIpc) is 1.99. The second-order valence-corrected chi connectivity index (χ2v) is 23.5. The topological polar surface area (TPSA) is 184 Å². The zero-order chi connectivity index (χ0) is 59.4. The summed E-state index contributed by atoms with van der Waals surface area (Å²) in [5.74, 6) is -2.99. The molecule has 0 bridgehead atoms. The summed E-state index contributed by atoms with van der Waals surface area (Å²) in [7, 11) is 2.50. The van der Waals surface area contributed by atoms with Crippen LogP contribution in [0.2, 0.25) is 0 Å². The lowest BCUT2D eigenvalue weighted by atomic mass is 9.96. The fraction of sp³-hybridized carbons (Fsp3) is 0.508. The Hall–Kier alpha value is -7.79. The second-order valence-electron chi connectivity index (χ2n) is 23.5. The Morgan fingerprint density at radius 3 is 1.39 bits per heavy atom. The van der Waals surface area contributed by atoms with Gasteiger partial charge in [-0.15, -0.1) is 0 Å². The first-order valence-corrected chi connectivity index (χ1v) is 29.6. The summed E-state index contributed by atoms with van der Waals surface area (Å²) in [6, 6.07) is 8.36. The number of H-pyrrole nitrogens is 2. The van der Waals surface area contributed by atoms with E-state index in [0.29, 0.717) is 67.1 Å². The number of aromatic nitrogens is 4. The summed E-state index contributed by atoms with van der Waals surface area (Å²) in [5, 5.41) is 5.56. The van der Waals surface area contributed by atoms with Crippen LogP contribution < -0.4 is 25.3 Å². The molecule has 6 heterocycles. The number of halogens is 7. The molecule has 6 fully saturated rings. The van der Waals surface area contributed by atoms with Gasteiger partial charge in [-0.1, -0.05) is 25.7 Å². The van der Waals surface area contributed by atoms with E-state index in [2.05, 4.69) is 20.6 Å². The molecule has 12 rings (SSSR count). The van der Waals surface area contributed by atoms with Crippen molar-refractivity contribution in [1.82, 2.24) is 40.4 Å². The van der Waals surface area contributed by atoms with Gasteiger partial charge < -0.3 is 54.6 Å². The van der Waals surface area contributed by atoms with Gasteiger partial charge in [-0.05, 0) is 125 Å². The van der Waals surface area contributed by atoms with E-state index < -0.39 is 83.4 Å². The lowest BCUT2D eigenvalue weighted by Crippen LogP contribution is -2.51. The number of methoxy groups -OCH3 is 2. The van der Waals surface area contributed by atoms with Crippen molar-refractivity contribution in [3.8, 4) is 0 Å². The first kappa shape index (κ1) is 57.6. The molecule has 4 N–H and O–H groups in total. The smallest absolute Gasteiger partial charge is 0.416 e. The van der Waals surface area contributed by atoms with Crippen molar-refractivity contribution in [2.75, 3.05) is 68.2 Å². The molecule has 24 heteroatoms. The molecule has 6 aliphatic rings. The minimum atomic E-state index is -4.51. The predicted octanol–water partition coefficient (Wildman–Crippen LogP) is 11.6. The molecule has 85 heavy (non-hydrogen) atoms. The molecule has 0 radical (unpaired) electrons. The maximum atomic E-state index is 17.1. The van der Waals surface area contributed by atoms with E-state index in [1.165, 1.54) is 55.5 Å². The number of alkyl halides is 3. The number of imidazole rings is 2. The fourth-order valence-corrected chi connectivity index (χ4v) is 14.5. The average molecular weight is 1180 g/mol. The number of rotatable bonds is 13. The first-order valence-electron chi connectivity index (χ1n) is 29.6. The van der Waals surface area contributed by atoms with Crippen LogP contribution in [0.3, 0.4) is 0 Å². The summed E-state index contributed by atoms with van der Waals surface area (Å²) in [4.78, 5) is 78.4. The highest BCUT2D eigenvalue weighted by molar-refractivity contribution is 5.88. The maximum absolute atomic E-state index is 17.1. The molecule has 4 aliphatic heterocycles. The summed E-state index contributed by atoms with van der Waals surface area (Å²) >= 11 is 0. The Kier molecular flexibility index (Phi) is 16.0. The van der Waals surface area contributed by atoms with E-state index in [1.54, 1.807) is 26.8 Å². The van der Waals surface area contributed by atoms with Crippen molar-refractivity contribution in [3.05, 3.63) is 112 Å². The van der Waals surface area contributed by atoms with E-state index in [0.717, 1.165) is 63.5 Å². The molecule has 2 aliphatic carbocycles. The molecular formula is C61H68F7N11O6. The molecule has 1 unspecified atom stereocenters. The number of piperazine rings is 1. The zero-order valence-corrected chi connectivity index (χ0v) is 47.3. The summed E-state index contributed by atoms with van der Waals surface area (Å²) < 4.78 is 118. The highest BCUT2D eigenvalue weighted by atomic mass is 19.4. The minimum absolute atomic E-state index is 0.0132. The Morgan fingerprint density at radius 1 is 0.529 bits per heavy atom. The number of fused-ring (bicyclic) bond motifs is 2. The predicted molar refractivity (Wildman–Crippen MR) is 301 cm³/mol. The van der Waals surface area contributed by atoms with Gasteiger partial charge >= 0.3 is 18.4 Å². The van der Waals surface area contributed by atoms with Crippen LogP contribution in [0, 0.1) is 35.1 Å². The number of nitrogens with one attached hydrogen (secondary N) is 4. The van der Waals surface area contributed by atoms with Gasteiger partial charge in [0, 0.05) is 73.9 Å². The lowest BCUT2D eigenvalue weighted by Gasteiger charge is -2.38. The summed E-state index contributed by atoms with van der Waals surface area (Å²) in [6.45, 7) is 1.59. The van der Waals surface area contributed by atoms with Crippen LogP contribution in [-0.2, 0) is 25.2 Å². The van der Waals surface area contributed by atoms with Gasteiger partial charge in [0.25, 0.3) is 0 Å². The highest BCUT2D eigenvalue weighted by Gasteiger charge is 2.44. The number of amides is 4. The maximum Gasteiger partial charge on any atom is 0.416 e. The van der Waals surface area contributed by atoms with Gasteiger partial charge in [0.1, 0.15) is 41.1 Å². The van der Waals surface area contributed by atoms with Gasteiger partial charge in [-0.3, -0.25) is 9.59 Å². The molecule has 4 saturated heterocycles. The van der Waals surface area contributed by atoms with Crippen molar-refractivity contribution >= 4 is 63.1 Å². The standard InChI is InChI=1S/C61H68F7N11O6/c1-84-59(82)73-52(33-9-3-4-10-33)57(80)77-21-7-13-50(77)55-69-44-29-38(40(62)31-46(44)71-55)48-19-20-49(79(48)37-27-42(64)54(43(65)28-37)76-25-23-75(24-26-76)36-17-15-35(16-18-36)61(66,67)68)39-30-45-47(32-41(39)63)72-56(70-45)51-14-8-22-78(51)58(81)53(74-60(83)85-2)34-11-5-6-12-34/h15-18,27-34,48-53H,3-14,19-26H2,1-2H3,(H,69,71)(H,70,72)(H,73,82)(H,74,83)/t48-,49-,50+,51+,52+,53?/m1/s1. The van der Waals surface area contributed by atoms with E-state index in [9.17, 15) is 32.3 Å². The van der Waals surface area contributed by atoms with Crippen molar-refractivity contribution in [1.29, 1.82) is 0 Å². The molecule has 6 atom stereocenters. The number of alkyl carbamates (subject to hydrolysis) is 2. The molecule has 6 aromatic rings. The Balaban J connectivity index is 0.867. The molecule has 17 nitrogen and oxygen atoms in total. The Labute approximate surface area is 485 Å². The van der Waals surface area contributed by atoms with Gasteiger partial charge in [-0.2, -0.15) is 13.2 Å². The number of likely N-dealkylation sites (tertiary alicyclic amines) is 2. The minimum Gasteiger partial charge on any atom is -0.453 e. The lowest BCUT2D eigenvalue weighted by molar-refractivity contribution is -0.138. The number of anilines is 3. The van der Waals surface area contributed by atoms with E-state index in [1.807, 2.05) is 4.90 Å². The van der Waals surface area contributed by atoms with Crippen molar-refractivity contribution in [3.63, 3.8) is 0 Å². The SMILES string of the molecule is COC(=O)NC(C(=O)N1CCC[C@H]1c1nc2cc(F)c([C@H]3CC[C@H](c4cc5[nH]c([C@@H]6CCCN6C(=O)[C@@H](NC(=O)OC)C6CCCC6)nc5cc4F)N3c3cc(F)c(N4CCN(c5ccc(C(F)(F)F)cc5)CC4)c(F)c3)cc2[nH]1)C1CCCC1. The second kappa shape index (κ2) is 23.6. The fourth-order valence-electron chi connectivity index (χ4n) is 14.5. The van der Waals surface area contributed by atoms with Crippen LogP contribution in [0.5, 0.6) is 0 Å². The number of aromatic amines is 2. The Bertz CT molecular complexity index is 3300. The molecule has 0 spiro atoms. The molecule has 452 valence electrons.